The van der Waals surface area contributed by atoms with Crippen molar-refractivity contribution in [2.45, 2.75) is 51.3 Å². The molecule has 1 aliphatic heterocycles. The maximum atomic E-state index is 12.1. The SMILES string of the molecule is CC(C)(C)OC(=O)N1C[C@@H]2C(N)CC[C@@H]2[C@H]1C(=O)O. The van der Waals surface area contributed by atoms with Crippen molar-refractivity contribution in [3.05, 3.63) is 0 Å². The first kappa shape index (κ1) is 14.1. The molecule has 2 rings (SSSR count). The van der Waals surface area contributed by atoms with E-state index in [9.17, 15) is 14.7 Å². The van der Waals surface area contributed by atoms with Crippen LogP contribution in [0.2, 0.25) is 0 Å². The van der Waals surface area contributed by atoms with Gasteiger partial charge in [-0.15, -0.1) is 0 Å². The molecule has 6 heteroatoms. The first-order valence-electron chi connectivity index (χ1n) is 6.68. The molecule has 0 spiro atoms. The number of aliphatic carboxylic acids is 1. The average molecular weight is 270 g/mol. The Morgan fingerprint density at radius 3 is 2.42 bits per heavy atom. The van der Waals surface area contributed by atoms with Gasteiger partial charge in [-0.05, 0) is 45.4 Å². The van der Waals surface area contributed by atoms with Gasteiger partial charge in [-0.1, -0.05) is 0 Å². The van der Waals surface area contributed by atoms with Crippen LogP contribution in [-0.4, -0.2) is 46.3 Å². The molecule has 1 unspecified atom stereocenters. The highest BCUT2D eigenvalue weighted by atomic mass is 16.6. The number of nitrogens with zero attached hydrogens (tertiary/aromatic N) is 1. The van der Waals surface area contributed by atoms with Gasteiger partial charge in [0.25, 0.3) is 0 Å². The summed E-state index contributed by atoms with van der Waals surface area (Å²) in [6, 6.07) is -0.812. The molecule has 1 heterocycles. The summed E-state index contributed by atoms with van der Waals surface area (Å²) in [5.74, 6) is -0.930. The molecule has 1 saturated carbocycles. The summed E-state index contributed by atoms with van der Waals surface area (Å²) in [7, 11) is 0. The van der Waals surface area contributed by atoms with Gasteiger partial charge < -0.3 is 15.6 Å². The number of rotatable bonds is 1. The average Bonchev–Trinajstić information content (AvgIpc) is 2.76. The topological polar surface area (TPSA) is 92.9 Å². The Hall–Kier alpha value is -1.30. The summed E-state index contributed by atoms with van der Waals surface area (Å²) in [5, 5.41) is 9.37. The lowest BCUT2D eigenvalue weighted by Gasteiger charge is -2.28. The molecule has 1 amide bonds. The summed E-state index contributed by atoms with van der Waals surface area (Å²) >= 11 is 0. The van der Waals surface area contributed by atoms with Crippen LogP contribution in [0.15, 0.2) is 0 Å². The Morgan fingerprint density at radius 2 is 1.89 bits per heavy atom. The largest absolute Gasteiger partial charge is 0.480 e. The minimum absolute atomic E-state index is 0.0145. The first-order valence-corrected chi connectivity index (χ1v) is 6.68. The van der Waals surface area contributed by atoms with Gasteiger partial charge in [0.2, 0.25) is 0 Å². The van der Waals surface area contributed by atoms with Crippen LogP contribution in [0.1, 0.15) is 33.6 Å². The minimum atomic E-state index is -0.965. The van der Waals surface area contributed by atoms with E-state index >= 15 is 0 Å². The molecular weight excluding hydrogens is 248 g/mol. The number of carboxylic acid groups (broad SMARTS) is 1. The molecule has 4 atom stereocenters. The highest BCUT2D eigenvalue weighted by Gasteiger charge is 2.53. The van der Waals surface area contributed by atoms with Crippen molar-refractivity contribution < 1.29 is 19.4 Å². The van der Waals surface area contributed by atoms with Crippen LogP contribution in [0.3, 0.4) is 0 Å². The lowest BCUT2D eigenvalue weighted by molar-refractivity contribution is -0.143. The van der Waals surface area contributed by atoms with Crippen molar-refractivity contribution in [2.75, 3.05) is 6.54 Å². The van der Waals surface area contributed by atoms with E-state index in [1.165, 1.54) is 4.90 Å². The monoisotopic (exact) mass is 270 g/mol. The van der Waals surface area contributed by atoms with E-state index in [-0.39, 0.29) is 17.9 Å². The molecule has 1 aliphatic carbocycles. The van der Waals surface area contributed by atoms with E-state index < -0.39 is 23.7 Å². The van der Waals surface area contributed by atoms with Gasteiger partial charge in [-0.2, -0.15) is 0 Å². The predicted molar refractivity (Wildman–Crippen MR) is 68.6 cm³/mol. The standard InChI is InChI=1S/C13H22N2O4/c1-13(2,3)19-12(18)15-6-8-7(4-5-9(8)14)10(15)11(16)17/h7-10H,4-6,14H2,1-3H3,(H,16,17)/t7-,8-,9?,10-/m0/s1. The predicted octanol–water partition coefficient (Wildman–Crippen LogP) is 1.04. The van der Waals surface area contributed by atoms with Gasteiger partial charge in [0.1, 0.15) is 11.6 Å². The molecule has 2 aliphatic rings. The summed E-state index contributed by atoms with van der Waals surface area (Å²) in [6.07, 6.45) is 1.05. The number of nitrogens with two attached hydrogens (primary N) is 1. The van der Waals surface area contributed by atoms with Crippen molar-refractivity contribution in [1.82, 2.24) is 4.90 Å². The number of ether oxygens (including phenoxy) is 1. The van der Waals surface area contributed by atoms with E-state index in [4.69, 9.17) is 10.5 Å². The van der Waals surface area contributed by atoms with Crippen LogP contribution in [0.5, 0.6) is 0 Å². The van der Waals surface area contributed by atoms with E-state index in [1.807, 2.05) is 0 Å². The molecule has 0 aromatic heterocycles. The Labute approximate surface area is 112 Å². The Bertz CT molecular complexity index is 391. The lowest BCUT2D eigenvalue weighted by atomic mass is 9.93. The van der Waals surface area contributed by atoms with E-state index in [0.717, 1.165) is 12.8 Å². The van der Waals surface area contributed by atoms with Gasteiger partial charge in [0.05, 0.1) is 0 Å². The van der Waals surface area contributed by atoms with Gasteiger partial charge >= 0.3 is 12.1 Å². The fourth-order valence-corrected chi connectivity index (χ4v) is 3.19. The number of carbonyl (C=O) groups is 2. The lowest BCUT2D eigenvalue weighted by Crippen LogP contribution is -2.45. The Kier molecular flexibility index (Phi) is 3.47. The number of fused-ring (bicyclic) bond motifs is 1. The van der Waals surface area contributed by atoms with Gasteiger partial charge in [0.15, 0.2) is 0 Å². The molecule has 6 nitrogen and oxygen atoms in total. The summed E-state index contributed by atoms with van der Waals surface area (Å²) in [6.45, 7) is 5.69. The second-order valence-corrected chi connectivity index (χ2v) is 6.48. The van der Waals surface area contributed by atoms with Crippen molar-refractivity contribution in [1.29, 1.82) is 0 Å². The second kappa shape index (κ2) is 4.67. The van der Waals surface area contributed by atoms with Gasteiger partial charge in [-0.3, -0.25) is 4.90 Å². The Morgan fingerprint density at radius 1 is 1.26 bits per heavy atom. The molecule has 0 aromatic rings. The molecule has 19 heavy (non-hydrogen) atoms. The third-order valence-corrected chi connectivity index (χ3v) is 3.96. The van der Waals surface area contributed by atoms with Crippen LogP contribution < -0.4 is 5.73 Å². The van der Waals surface area contributed by atoms with E-state index in [0.29, 0.717) is 6.54 Å². The van der Waals surface area contributed by atoms with E-state index in [2.05, 4.69) is 0 Å². The fourth-order valence-electron chi connectivity index (χ4n) is 3.19. The maximum absolute atomic E-state index is 12.1. The second-order valence-electron chi connectivity index (χ2n) is 6.48. The zero-order valence-electron chi connectivity index (χ0n) is 11.6. The maximum Gasteiger partial charge on any atom is 0.411 e. The normalized spacial score (nSPS) is 34.2. The molecule has 0 radical (unpaired) electrons. The fraction of sp³-hybridized carbons (Fsp3) is 0.846. The molecule has 0 bridgehead atoms. The first-order chi connectivity index (χ1) is 8.70. The quantitative estimate of drug-likeness (QED) is 0.742. The van der Waals surface area contributed by atoms with Crippen molar-refractivity contribution in [3.8, 4) is 0 Å². The molecule has 2 fully saturated rings. The van der Waals surface area contributed by atoms with E-state index in [1.54, 1.807) is 20.8 Å². The van der Waals surface area contributed by atoms with Gasteiger partial charge in [-0.25, -0.2) is 9.59 Å². The number of carboxylic acids is 1. The smallest absolute Gasteiger partial charge is 0.411 e. The Balaban J connectivity index is 2.16. The molecule has 108 valence electrons. The summed E-state index contributed by atoms with van der Waals surface area (Å²) < 4.78 is 5.29. The third-order valence-electron chi connectivity index (χ3n) is 3.96. The summed E-state index contributed by atoms with van der Waals surface area (Å²) in [4.78, 5) is 24.9. The van der Waals surface area contributed by atoms with Crippen LogP contribution in [0, 0.1) is 11.8 Å². The van der Waals surface area contributed by atoms with Crippen molar-refractivity contribution >= 4 is 12.1 Å². The van der Waals surface area contributed by atoms with Crippen LogP contribution in [-0.2, 0) is 9.53 Å². The number of likely N-dealkylation sites (tertiary alicyclic amines) is 1. The van der Waals surface area contributed by atoms with Crippen LogP contribution in [0.25, 0.3) is 0 Å². The highest BCUT2D eigenvalue weighted by Crippen LogP contribution is 2.42. The number of amides is 1. The summed E-state index contributed by atoms with van der Waals surface area (Å²) in [5.41, 5.74) is 5.38. The molecule has 1 saturated heterocycles. The highest BCUT2D eigenvalue weighted by molar-refractivity contribution is 5.81. The molecule has 0 aromatic carbocycles. The van der Waals surface area contributed by atoms with Gasteiger partial charge in [0, 0.05) is 12.6 Å². The van der Waals surface area contributed by atoms with Crippen LogP contribution in [0.4, 0.5) is 4.79 Å². The number of hydrogen-bond donors (Lipinski definition) is 2. The molecule has 3 N–H and O–H groups in total. The molecular formula is C13H22N2O4. The number of carbonyl (C=O) groups excluding carboxylic acids is 1. The minimum Gasteiger partial charge on any atom is -0.480 e. The number of hydrogen-bond acceptors (Lipinski definition) is 4. The van der Waals surface area contributed by atoms with Crippen molar-refractivity contribution in [2.24, 2.45) is 17.6 Å². The zero-order valence-corrected chi connectivity index (χ0v) is 11.6. The zero-order chi connectivity index (χ0) is 14.4. The van der Waals surface area contributed by atoms with Crippen LogP contribution >= 0.6 is 0 Å². The van der Waals surface area contributed by atoms with Crippen molar-refractivity contribution in [3.63, 3.8) is 0 Å². The third kappa shape index (κ3) is 2.68.